The molecule has 1 aliphatic carbocycles. The molecule has 1 fully saturated rings. The Balaban J connectivity index is 1.52. The van der Waals surface area contributed by atoms with Crippen molar-refractivity contribution in [3.05, 3.63) is 65.2 Å². The molecular formula is C21H23N3O3. The smallest absolute Gasteiger partial charge is 0.256 e. The van der Waals surface area contributed by atoms with Crippen LogP contribution in [0.1, 0.15) is 45.3 Å². The van der Waals surface area contributed by atoms with Crippen molar-refractivity contribution in [3.63, 3.8) is 0 Å². The zero-order valence-corrected chi connectivity index (χ0v) is 15.3. The number of carbonyl (C=O) groups is 2. The number of hydrogen-bond donors (Lipinski definition) is 2. The fourth-order valence-corrected chi connectivity index (χ4v) is 3.32. The molecule has 1 heterocycles. The molecule has 4 rings (SSSR count). The number of nitrogens with zero attached hydrogens (tertiary/aromatic N) is 1. The summed E-state index contributed by atoms with van der Waals surface area (Å²) in [7, 11) is 1.63. The van der Waals surface area contributed by atoms with Crippen molar-refractivity contribution in [2.75, 3.05) is 25.6 Å². The zero-order valence-electron chi connectivity index (χ0n) is 15.3. The Hall–Kier alpha value is -2.86. The van der Waals surface area contributed by atoms with Crippen molar-refractivity contribution in [1.29, 1.82) is 0 Å². The topological polar surface area (TPSA) is 70.7 Å². The molecule has 6 heteroatoms. The first-order chi connectivity index (χ1) is 13.2. The van der Waals surface area contributed by atoms with Crippen LogP contribution in [0, 0.1) is 0 Å². The predicted molar refractivity (Wildman–Crippen MR) is 103 cm³/mol. The number of anilines is 1. The SMILES string of the molecule is COCCN1C(=O)c2ccccc2[C@@H]1Nc1ccc(C(=O)NC2CC2)cc1. The molecule has 1 aliphatic heterocycles. The summed E-state index contributed by atoms with van der Waals surface area (Å²) < 4.78 is 5.16. The third kappa shape index (κ3) is 3.66. The fraction of sp³-hybridized carbons (Fsp3) is 0.333. The summed E-state index contributed by atoms with van der Waals surface area (Å²) in [6.45, 7) is 0.974. The lowest BCUT2D eigenvalue weighted by molar-refractivity contribution is 0.0674. The largest absolute Gasteiger partial charge is 0.383 e. The van der Waals surface area contributed by atoms with Crippen LogP contribution >= 0.6 is 0 Å². The summed E-state index contributed by atoms with van der Waals surface area (Å²) in [5.41, 5.74) is 3.17. The third-order valence-electron chi connectivity index (χ3n) is 4.96. The summed E-state index contributed by atoms with van der Waals surface area (Å²) >= 11 is 0. The molecule has 6 nitrogen and oxygen atoms in total. The molecular weight excluding hydrogens is 342 g/mol. The van der Waals surface area contributed by atoms with Gasteiger partial charge in [0.2, 0.25) is 0 Å². The molecule has 2 aromatic rings. The molecule has 0 aromatic heterocycles. The Morgan fingerprint density at radius 1 is 1.15 bits per heavy atom. The van der Waals surface area contributed by atoms with E-state index in [4.69, 9.17) is 4.74 Å². The van der Waals surface area contributed by atoms with Crippen molar-refractivity contribution in [3.8, 4) is 0 Å². The van der Waals surface area contributed by atoms with Crippen molar-refractivity contribution in [1.82, 2.24) is 10.2 Å². The summed E-state index contributed by atoms with van der Waals surface area (Å²) in [5.74, 6) is -0.0345. The van der Waals surface area contributed by atoms with Gasteiger partial charge in [-0.15, -0.1) is 0 Å². The maximum absolute atomic E-state index is 12.7. The van der Waals surface area contributed by atoms with Crippen molar-refractivity contribution >= 4 is 17.5 Å². The molecule has 2 aliphatic rings. The van der Waals surface area contributed by atoms with Gasteiger partial charge < -0.3 is 20.3 Å². The first-order valence-electron chi connectivity index (χ1n) is 9.23. The number of fused-ring (bicyclic) bond motifs is 1. The minimum absolute atomic E-state index is 0.000538. The number of methoxy groups -OCH3 is 1. The summed E-state index contributed by atoms with van der Waals surface area (Å²) in [6, 6.07) is 15.3. The highest BCUT2D eigenvalue weighted by molar-refractivity contribution is 5.99. The van der Waals surface area contributed by atoms with E-state index in [1.165, 1.54) is 0 Å². The van der Waals surface area contributed by atoms with Gasteiger partial charge in [0.25, 0.3) is 11.8 Å². The average Bonchev–Trinajstić information content (AvgIpc) is 3.47. The number of amides is 2. The Morgan fingerprint density at radius 2 is 1.89 bits per heavy atom. The molecule has 0 radical (unpaired) electrons. The molecule has 2 aromatic carbocycles. The Kier molecular flexibility index (Phi) is 4.81. The van der Waals surface area contributed by atoms with E-state index in [0.29, 0.717) is 30.3 Å². The Labute approximate surface area is 158 Å². The molecule has 0 unspecified atom stereocenters. The molecule has 2 amide bonds. The standard InChI is InChI=1S/C21H23N3O3/c1-27-13-12-24-19(17-4-2-3-5-18(17)21(24)26)22-15-8-6-14(7-9-15)20(25)23-16-10-11-16/h2-9,16,19,22H,10-13H2,1H3,(H,23,25)/t19-/m1/s1. The highest BCUT2D eigenvalue weighted by atomic mass is 16.5. The lowest BCUT2D eigenvalue weighted by Crippen LogP contribution is -2.35. The molecule has 27 heavy (non-hydrogen) atoms. The number of carbonyl (C=O) groups excluding carboxylic acids is 2. The molecule has 2 N–H and O–H groups in total. The van der Waals surface area contributed by atoms with Gasteiger partial charge in [-0.1, -0.05) is 18.2 Å². The Morgan fingerprint density at radius 3 is 2.59 bits per heavy atom. The van der Waals surface area contributed by atoms with Gasteiger partial charge in [-0.25, -0.2) is 0 Å². The van der Waals surface area contributed by atoms with E-state index in [1.807, 2.05) is 48.5 Å². The number of rotatable bonds is 7. The van der Waals surface area contributed by atoms with Crippen LogP contribution in [0.3, 0.4) is 0 Å². The van der Waals surface area contributed by atoms with Gasteiger partial charge in [-0.05, 0) is 43.2 Å². The van der Waals surface area contributed by atoms with Gasteiger partial charge in [0.15, 0.2) is 0 Å². The third-order valence-corrected chi connectivity index (χ3v) is 4.96. The van der Waals surface area contributed by atoms with Gasteiger partial charge in [-0.2, -0.15) is 0 Å². The zero-order chi connectivity index (χ0) is 18.8. The summed E-state index contributed by atoms with van der Waals surface area (Å²) in [6.07, 6.45) is 1.88. The number of benzene rings is 2. The van der Waals surface area contributed by atoms with Crippen LogP contribution in [-0.2, 0) is 4.74 Å². The van der Waals surface area contributed by atoms with Gasteiger partial charge in [0.1, 0.15) is 6.17 Å². The molecule has 0 spiro atoms. The van der Waals surface area contributed by atoms with Crippen LogP contribution < -0.4 is 10.6 Å². The van der Waals surface area contributed by atoms with Crippen molar-refractivity contribution in [2.24, 2.45) is 0 Å². The predicted octanol–water partition coefficient (Wildman–Crippen LogP) is 2.79. The molecule has 0 saturated heterocycles. The van der Waals surface area contributed by atoms with Crippen molar-refractivity contribution in [2.45, 2.75) is 25.0 Å². The van der Waals surface area contributed by atoms with Crippen LogP contribution in [0.5, 0.6) is 0 Å². The highest BCUT2D eigenvalue weighted by Gasteiger charge is 2.36. The van der Waals surface area contributed by atoms with E-state index < -0.39 is 0 Å². The second-order valence-electron chi connectivity index (χ2n) is 6.95. The second-order valence-corrected chi connectivity index (χ2v) is 6.95. The van der Waals surface area contributed by atoms with Gasteiger partial charge in [0.05, 0.1) is 6.61 Å². The van der Waals surface area contributed by atoms with Crippen LogP contribution in [0.2, 0.25) is 0 Å². The maximum atomic E-state index is 12.7. The van der Waals surface area contributed by atoms with E-state index in [0.717, 1.165) is 24.1 Å². The minimum Gasteiger partial charge on any atom is -0.383 e. The van der Waals surface area contributed by atoms with E-state index in [-0.39, 0.29) is 18.0 Å². The normalized spacial score (nSPS) is 18.3. The summed E-state index contributed by atoms with van der Waals surface area (Å²) in [5, 5.41) is 6.41. The number of hydrogen-bond acceptors (Lipinski definition) is 4. The van der Waals surface area contributed by atoms with E-state index in [1.54, 1.807) is 12.0 Å². The second kappa shape index (κ2) is 7.40. The van der Waals surface area contributed by atoms with Crippen LogP contribution in [-0.4, -0.2) is 43.0 Å². The minimum atomic E-state index is -0.255. The maximum Gasteiger partial charge on any atom is 0.256 e. The van der Waals surface area contributed by atoms with Gasteiger partial charge in [-0.3, -0.25) is 9.59 Å². The first kappa shape index (κ1) is 17.5. The molecule has 1 saturated carbocycles. The van der Waals surface area contributed by atoms with Gasteiger partial charge >= 0.3 is 0 Å². The Bertz CT molecular complexity index is 846. The van der Waals surface area contributed by atoms with Crippen LogP contribution in [0.25, 0.3) is 0 Å². The van der Waals surface area contributed by atoms with Crippen molar-refractivity contribution < 1.29 is 14.3 Å². The van der Waals surface area contributed by atoms with Crippen LogP contribution in [0.15, 0.2) is 48.5 Å². The lowest BCUT2D eigenvalue weighted by atomic mass is 10.1. The number of ether oxygens (including phenoxy) is 1. The summed E-state index contributed by atoms with van der Waals surface area (Å²) in [4.78, 5) is 26.6. The first-order valence-corrected chi connectivity index (χ1v) is 9.23. The quantitative estimate of drug-likeness (QED) is 0.792. The molecule has 0 bridgehead atoms. The monoisotopic (exact) mass is 365 g/mol. The lowest BCUT2D eigenvalue weighted by Gasteiger charge is -2.27. The number of nitrogens with one attached hydrogen (secondary N) is 2. The van der Waals surface area contributed by atoms with E-state index >= 15 is 0 Å². The highest BCUT2D eigenvalue weighted by Crippen LogP contribution is 2.34. The van der Waals surface area contributed by atoms with Crippen LogP contribution in [0.4, 0.5) is 5.69 Å². The van der Waals surface area contributed by atoms with Gasteiger partial charge in [0, 0.05) is 42.1 Å². The van der Waals surface area contributed by atoms with E-state index in [2.05, 4.69) is 10.6 Å². The fourth-order valence-electron chi connectivity index (χ4n) is 3.32. The van der Waals surface area contributed by atoms with E-state index in [9.17, 15) is 9.59 Å². The molecule has 140 valence electrons. The average molecular weight is 365 g/mol. The molecule has 1 atom stereocenters.